The fourth-order valence-electron chi connectivity index (χ4n) is 7.07. The first-order valence-corrected chi connectivity index (χ1v) is 14.6. The molecule has 0 heterocycles. The second kappa shape index (κ2) is 9.03. The van der Waals surface area contributed by atoms with Gasteiger partial charge in [-0.25, -0.2) is 0 Å². The van der Waals surface area contributed by atoms with Crippen LogP contribution in [0.1, 0.15) is 0 Å². The highest BCUT2D eigenvalue weighted by Crippen LogP contribution is 2.46. The van der Waals surface area contributed by atoms with E-state index in [0.29, 0.717) is 0 Å². The van der Waals surface area contributed by atoms with E-state index in [1.807, 2.05) is 0 Å². The predicted molar refractivity (Wildman–Crippen MR) is 182 cm³/mol. The topological polar surface area (TPSA) is 0 Å². The van der Waals surface area contributed by atoms with Crippen molar-refractivity contribution in [3.05, 3.63) is 158 Å². The molecule has 0 aliphatic carbocycles. The van der Waals surface area contributed by atoms with Gasteiger partial charge in [-0.15, -0.1) is 0 Å². The highest BCUT2D eigenvalue weighted by Gasteiger charge is 2.18. The van der Waals surface area contributed by atoms with Gasteiger partial charge < -0.3 is 0 Å². The molecule has 0 unspecified atom stereocenters. The third kappa shape index (κ3) is 3.42. The van der Waals surface area contributed by atoms with Crippen LogP contribution in [0.15, 0.2) is 158 Å². The Morgan fingerprint density at radius 1 is 0.238 bits per heavy atom. The van der Waals surface area contributed by atoms with Gasteiger partial charge in [0.2, 0.25) is 0 Å². The Hall–Kier alpha value is -5.46. The number of rotatable bonds is 2. The average Bonchev–Trinajstić information content (AvgIpc) is 3.05. The Morgan fingerprint density at radius 3 is 1.45 bits per heavy atom. The predicted octanol–water partition coefficient (Wildman–Crippen LogP) is 11.9. The minimum Gasteiger partial charge on any atom is -0.0616 e. The molecule has 0 aliphatic heterocycles. The monoisotopic (exact) mass is 530 g/mol. The van der Waals surface area contributed by atoms with Crippen LogP contribution in [0.5, 0.6) is 0 Å². The first kappa shape index (κ1) is 23.3. The van der Waals surface area contributed by atoms with Crippen molar-refractivity contribution in [3.63, 3.8) is 0 Å². The summed E-state index contributed by atoms with van der Waals surface area (Å²) in [6, 6.07) is 58.2. The average molecular weight is 531 g/mol. The van der Waals surface area contributed by atoms with Crippen molar-refractivity contribution in [2.75, 3.05) is 0 Å². The van der Waals surface area contributed by atoms with Gasteiger partial charge in [-0.2, -0.15) is 0 Å². The number of hydrogen-bond donors (Lipinski definition) is 0. The van der Waals surface area contributed by atoms with Crippen LogP contribution in [0, 0.1) is 0 Å². The van der Waals surface area contributed by atoms with E-state index in [4.69, 9.17) is 0 Å². The standard InChI is InChI=1S/C42H26/c1-2-11-28-25-32(21-20-27(28)10-1)41-36-14-5-7-16-38(36)42(39-17-8-6-15-37(39)41)35-19-9-18-33-34(35)23-22-31-24-29-12-3-4-13-30(29)26-40(31)33/h1-26H. The summed E-state index contributed by atoms with van der Waals surface area (Å²) in [7, 11) is 0. The maximum absolute atomic E-state index is 2.36. The zero-order valence-corrected chi connectivity index (χ0v) is 23.0. The SMILES string of the molecule is c1ccc2cc(-c3c4ccccc4c(-c4cccc5c4ccc4cc6ccccc6cc45)c4ccccc34)ccc2c1. The van der Waals surface area contributed by atoms with Gasteiger partial charge in [-0.3, -0.25) is 0 Å². The molecule has 9 rings (SSSR count). The van der Waals surface area contributed by atoms with Gasteiger partial charge in [0.05, 0.1) is 0 Å². The van der Waals surface area contributed by atoms with Crippen LogP contribution in [-0.4, -0.2) is 0 Å². The van der Waals surface area contributed by atoms with E-state index in [0.717, 1.165) is 0 Å². The molecule has 0 saturated heterocycles. The smallest absolute Gasteiger partial charge is 0.00201 e. The third-order valence-electron chi connectivity index (χ3n) is 8.98. The third-order valence-corrected chi connectivity index (χ3v) is 8.98. The summed E-state index contributed by atoms with van der Waals surface area (Å²) in [6.45, 7) is 0. The number of benzene rings is 9. The second-order valence-corrected chi connectivity index (χ2v) is 11.3. The lowest BCUT2D eigenvalue weighted by Gasteiger charge is -2.19. The Morgan fingerprint density at radius 2 is 0.762 bits per heavy atom. The molecule has 0 aromatic heterocycles. The Kier molecular flexibility index (Phi) is 5.00. The van der Waals surface area contributed by atoms with Gasteiger partial charge in [0.1, 0.15) is 0 Å². The lowest BCUT2D eigenvalue weighted by molar-refractivity contribution is 1.69. The number of hydrogen-bond acceptors (Lipinski definition) is 0. The van der Waals surface area contributed by atoms with Crippen molar-refractivity contribution in [2.45, 2.75) is 0 Å². The van der Waals surface area contributed by atoms with Crippen molar-refractivity contribution in [3.8, 4) is 22.3 Å². The van der Waals surface area contributed by atoms with Crippen molar-refractivity contribution in [1.29, 1.82) is 0 Å². The molecule has 0 N–H and O–H groups in total. The molecule has 0 radical (unpaired) electrons. The molecular weight excluding hydrogens is 504 g/mol. The molecule has 0 aliphatic rings. The Bertz CT molecular complexity index is 2460. The van der Waals surface area contributed by atoms with Gasteiger partial charge in [-0.1, -0.05) is 140 Å². The van der Waals surface area contributed by atoms with Crippen molar-refractivity contribution in [2.24, 2.45) is 0 Å². The molecule has 0 bridgehead atoms. The Labute approximate surface area is 244 Å². The molecule has 0 nitrogen and oxygen atoms in total. The fourth-order valence-corrected chi connectivity index (χ4v) is 7.07. The molecule has 9 aromatic rings. The first-order valence-electron chi connectivity index (χ1n) is 14.6. The van der Waals surface area contributed by atoms with E-state index in [1.165, 1.54) is 86.9 Å². The van der Waals surface area contributed by atoms with Crippen LogP contribution in [0.2, 0.25) is 0 Å². The molecule has 0 heteroatoms. The van der Waals surface area contributed by atoms with Crippen LogP contribution in [0.3, 0.4) is 0 Å². The lowest BCUT2D eigenvalue weighted by Crippen LogP contribution is -1.92. The van der Waals surface area contributed by atoms with Gasteiger partial charge in [-0.05, 0) is 105 Å². The van der Waals surface area contributed by atoms with E-state index < -0.39 is 0 Å². The molecule has 0 spiro atoms. The van der Waals surface area contributed by atoms with E-state index >= 15 is 0 Å². The van der Waals surface area contributed by atoms with Crippen LogP contribution in [-0.2, 0) is 0 Å². The molecule has 0 saturated carbocycles. The Balaban J connectivity index is 1.39. The summed E-state index contributed by atoms with van der Waals surface area (Å²) < 4.78 is 0. The summed E-state index contributed by atoms with van der Waals surface area (Å²) in [4.78, 5) is 0. The molecule has 0 amide bonds. The molecule has 0 atom stereocenters. The van der Waals surface area contributed by atoms with E-state index in [-0.39, 0.29) is 0 Å². The van der Waals surface area contributed by atoms with Crippen molar-refractivity contribution >= 4 is 64.6 Å². The van der Waals surface area contributed by atoms with Crippen LogP contribution >= 0.6 is 0 Å². The van der Waals surface area contributed by atoms with E-state index in [9.17, 15) is 0 Å². The quantitative estimate of drug-likeness (QED) is 0.154. The van der Waals surface area contributed by atoms with Crippen molar-refractivity contribution < 1.29 is 0 Å². The fraction of sp³-hybridized carbons (Fsp3) is 0. The van der Waals surface area contributed by atoms with Gasteiger partial charge in [0.25, 0.3) is 0 Å². The van der Waals surface area contributed by atoms with E-state index in [1.54, 1.807) is 0 Å². The summed E-state index contributed by atoms with van der Waals surface area (Å²) in [6.07, 6.45) is 0. The highest BCUT2D eigenvalue weighted by atomic mass is 14.2. The van der Waals surface area contributed by atoms with Crippen molar-refractivity contribution in [1.82, 2.24) is 0 Å². The minimum atomic E-state index is 1.25. The highest BCUT2D eigenvalue weighted by molar-refractivity contribution is 6.25. The normalized spacial score (nSPS) is 11.8. The summed E-state index contributed by atoms with van der Waals surface area (Å²) in [5, 5.41) is 15.4. The van der Waals surface area contributed by atoms with E-state index in [2.05, 4.69) is 158 Å². The molecule has 42 heavy (non-hydrogen) atoms. The largest absolute Gasteiger partial charge is 0.0616 e. The van der Waals surface area contributed by atoms with Gasteiger partial charge in [0.15, 0.2) is 0 Å². The zero-order valence-electron chi connectivity index (χ0n) is 23.0. The minimum absolute atomic E-state index is 1.25. The molecular formula is C42H26. The zero-order chi connectivity index (χ0) is 27.6. The first-order chi connectivity index (χ1) is 20.8. The molecule has 9 aromatic carbocycles. The maximum Gasteiger partial charge on any atom is -0.00201 e. The molecule has 0 fully saturated rings. The lowest BCUT2D eigenvalue weighted by atomic mass is 9.84. The van der Waals surface area contributed by atoms with Gasteiger partial charge >= 0.3 is 0 Å². The van der Waals surface area contributed by atoms with Crippen LogP contribution in [0.25, 0.3) is 86.9 Å². The summed E-state index contributed by atoms with van der Waals surface area (Å²) >= 11 is 0. The van der Waals surface area contributed by atoms with Gasteiger partial charge in [0, 0.05) is 0 Å². The number of fused-ring (bicyclic) bond motifs is 7. The van der Waals surface area contributed by atoms with Crippen LogP contribution in [0.4, 0.5) is 0 Å². The molecule has 194 valence electrons. The van der Waals surface area contributed by atoms with Crippen LogP contribution < -0.4 is 0 Å². The summed E-state index contributed by atoms with van der Waals surface area (Å²) in [5.74, 6) is 0. The second-order valence-electron chi connectivity index (χ2n) is 11.3. The maximum atomic E-state index is 2.36. The summed E-state index contributed by atoms with van der Waals surface area (Å²) in [5.41, 5.74) is 5.13.